The molecule has 0 fully saturated rings. The van der Waals surface area contributed by atoms with Crippen molar-refractivity contribution in [3.63, 3.8) is 0 Å². The Bertz CT molecular complexity index is 819. The van der Waals surface area contributed by atoms with Gasteiger partial charge < -0.3 is 14.8 Å². The van der Waals surface area contributed by atoms with Crippen molar-refractivity contribution in [1.82, 2.24) is 5.32 Å². The summed E-state index contributed by atoms with van der Waals surface area (Å²) in [5.74, 6) is -1.79. The molecule has 0 radical (unpaired) electrons. The van der Waals surface area contributed by atoms with Crippen LogP contribution < -0.4 is 5.32 Å². The van der Waals surface area contributed by atoms with Gasteiger partial charge in [-0.05, 0) is 31.0 Å². The fourth-order valence-corrected chi connectivity index (χ4v) is 2.81. The van der Waals surface area contributed by atoms with E-state index in [4.69, 9.17) is 4.74 Å². The Morgan fingerprint density at radius 2 is 1.50 bits per heavy atom. The van der Waals surface area contributed by atoms with Crippen molar-refractivity contribution in [1.29, 1.82) is 0 Å². The zero-order valence-electron chi connectivity index (χ0n) is 16.3. The predicted molar refractivity (Wildman–Crippen MR) is 105 cm³/mol. The summed E-state index contributed by atoms with van der Waals surface area (Å²) in [6.07, 6.45) is 0.642. The highest BCUT2D eigenvalue weighted by molar-refractivity contribution is 6.03. The monoisotopic (exact) mass is 383 g/mol. The average molecular weight is 383 g/mol. The Balaban J connectivity index is 2.07. The van der Waals surface area contributed by atoms with Crippen molar-refractivity contribution in [3.05, 3.63) is 71.3 Å². The predicted octanol–water partition coefficient (Wildman–Crippen LogP) is 3.68. The first-order chi connectivity index (χ1) is 13.5. The van der Waals surface area contributed by atoms with Crippen LogP contribution in [0.5, 0.6) is 0 Å². The summed E-state index contributed by atoms with van der Waals surface area (Å²) < 4.78 is 9.97. The van der Waals surface area contributed by atoms with Crippen molar-refractivity contribution >= 4 is 17.8 Å². The van der Waals surface area contributed by atoms with Gasteiger partial charge in [-0.15, -0.1) is 0 Å². The number of ether oxygens (including phenoxy) is 2. The highest BCUT2D eigenvalue weighted by Gasteiger charge is 2.25. The van der Waals surface area contributed by atoms with Crippen molar-refractivity contribution in [3.8, 4) is 0 Å². The van der Waals surface area contributed by atoms with Gasteiger partial charge in [0.2, 0.25) is 0 Å². The topological polar surface area (TPSA) is 81.7 Å². The summed E-state index contributed by atoms with van der Waals surface area (Å²) >= 11 is 0. The molecule has 2 unspecified atom stereocenters. The second-order valence-corrected chi connectivity index (χ2v) is 6.35. The van der Waals surface area contributed by atoms with Crippen molar-refractivity contribution in [2.24, 2.45) is 0 Å². The molecule has 2 rings (SSSR count). The molecule has 148 valence electrons. The van der Waals surface area contributed by atoms with Crippen LogP contribution in [0.3, 0.4) is 0 Å². The zero-order valence-corrected chi connectivity index (χ0v) is 16.3. The number of benzene rings is 2. The molecule has 2 aromatic carbocycles. The molecule has 1 N–H and O–H groups in total. The molecule has 0 saturated heterocycles. The second-order valence-electron chi connectivity index (χ2n) is 6.35. The van der Waals surface area contributed by atoms with Crippen molar-refractivity contribution in [2.45, 2.75) is 38.8 Å². The molecule has 6 heteroatoms. The SMILES string of the molecule is CCCC(NC(=O)C(C)OC(=O)c1ccccc1C(=O)OC)c1ccccc1. The number of hydrogen-bond donors (Lipinski definition) is 1. The quantitative estimate of drug-likeness (QED) is 0.703. The first-order valence-corrected chi connectivity index (χ1v) is 9.21. The lowest BCUT2D eigenvalue weighted by Gasteiger charge is -2.21. The molecular formula is C22H25NO5. The normalized spacial score (nSPS) is 12.5. The number of carbonyl (C=O) groups is 3. The summed E-state index contributed by atoms with van der Waals surface area (Å²) in [7, 11) is 1.23. The highest BCUT2D eigenvalue weighted by atomic mass is 16.5. The van der Waals surface area contributed by atoms with E-state index in [1.165, 1.54) is 26.2 Å². The number of carbonyl (C=O) groups excluding carboxylic acids is 3. The molecule has 6 nitrogen and oxygen atoms in total. The average Bonchev–Trinajstić information content (AvgIpc) is 2.73. The Morgan fingerprint density at radius 1 is 0.929 bits per heavy atom. The molecule has 0 aliphatic rings. The van der Waals surface area contributed by atoms with Crippen LogP contribution in [0.4, 0.5) is 0 Å². The summed E-state index contributed by atoms with van der Waals surface area (Å²) in [6.45, 7) is 3.54. The van der Waals surface area contributed by atoms with Crippen LogP contribution in [0.1, 0.15) is 59.0 Å². The van der Waals surface area contributed by atoms with Gasteiger partial charge in [0, 0.05) is 0 Å². The van der Waals surface area contributed by atoms with Gasteiger partial charge >= 0.3 is 11.9 Å². The smallest absolute Gasteiger partial charge is 0.339 e. The lowest BCUT2D eigenvalue weighted by Crippen LogP contribution is -2.38. The molecule has 0 spiro atoms. The Kier molecular flexibility index (Phi) is 7.75. The van der Waals surface area contributed by atoms with Gasteiger partial charge in [0.25, 0.3) is 5.91 Å². The van der Waals surface area contributed by atoms with Gasteiger partial charge in [0.1, 0.15) is 0 Å². The van der Waals surface area contributed by atoms with Crippen LogP contribution in [0.2, 0.25) is 0 Å². The number of amides is 1. The van der Waals surface area contributed by atoms with Gasteiger partial charge in [-0.3, -0.25) is 4.79 Å². The first kappa shape index (κ1) is 21.2. The van der Waals surface area contributed by atoms with E-state index in [1.807, 2.05) is 37.3 Å². The molecule has 0 heterocycles. The molecule has 28 heavy (non-hydrogen) atoms. The summed E-state index contributed by atoms with van der Waals surface area (Å²) in [5, 5.41) is 2.93. The van der Waals surface area contributed by atoms with Crippen LogP contribution in [-0.2, 0) is 14.3 Å². The van der Waals surface area contributed by atoms with Crippen LogP contribution in [0.15, 0.2) is 54.6 Å². The summed E-state index contributed by atoms with van der Waals surface area (Å²) in [6, 6.07) is 15.6. The Hall–Kier alpha value is -3.15. The highest BCUT2D eigenvalue weighted by Crippen LogP contribution is 2.19. The number of rotatable bonds is 8. The van der Waals surface area contributed by atoms with E-state index in [-0.39, 0.29) is 17.2 Å². The molecule has 2 atom stereocenters. The molecule has 0 aliphatic heterocycles. The third kappa shape index (κ3) is 5.42. The first-order valence-electron chi connectivity index (χ1n) is 9.21. The Labute approximate surface area is 164 Å². The van der Waals surface area contributed by atoms with Gasteiger partial charge in [-0.1, -0.05) is 55.8 Å². The number of nitrogens with one attached hydrogen (secondary N) is 1. The van der Waals surface area contributed by atoms with Crippen LogP contribution >= 0.6 is 0 Å². The maximum absolute atomic E-state index is 12.6. The van der Waals surface area contributed by atoms with E-state index in [2.05, 4.69) is 10.1 Å². The maximum atomic E-state index is 12.6. The van der Waals surface area contributed by atoms with Crippen molar-refractivity contribution < 1.29 is 23.9 Å². The summed E-state index contributed by atoms with van der Waals surface area (Å²) in [5.41, 5.74) is 1.14. The molecule has 0 bridgehead atoms. The number of hydrogen-bond acceptors (Lipinski definition) is 5. The van der Waals surface area contributed by atoms with E-state index in [9.17, 15) is 14.4 Å². The minimum atomic E-state index is -1.01. The fourth-order valence-electron chi connectivity index (χ4n) is 2.81. The lowest BCUT2D eigenvalue weighted by atomic mass is 10.0. The minimum absolute atomic E-state index is 0.0576. The third-order valence-electron chi connectivity index (χ3n) is 4.30. The van der Waals surface area contributed by atoms with Crippen LogP contribution in [0, 0.1) is 0 Å². The summed E-state index contributed by atoms with van der Waals surface area (Å²) in [4.78, 5) is 36.9. The lowest BCUT2D eigenvalue weighted by molar-refractivity contribution is -0.129. The van der Waals surface area contributed by atoms with E-state index < -0.39 is 23.9 Å². The van der Waals surface area contributed by atoms with Crippen LogP contribution in [0.25, 0.3) is 0 Å². The van der Waals surface area contributed by atoms with E-state index in [0.29, 0.717) is 0 Å². The minimum Gasteiger partial charge on any atom is -0.465 e. The molecule has 1 amide bonds. The standard InChI is InChI=1S/C22H25NO5/c1-4-10-19(16-11-6-5-7-12-16)23-20(24)15(2)28-22(26)18-14-9-8-13-17(18)21(25)27-3/h5-9,11-15,19H,4,10H2,1-3H3,(H,23,24). The Morgan fingerprint density at radius 3 is 2.07 bits per heavy atom. The number of methoxy groups -OCH3 is 1. The van der Waals surface area contributed by atoms with Crippen molar-refractivity contribution in [2.75, 3.05) is 7.11 Å². The van der Waals surface area contributed by atoms with Gasteiger partial charge in [-0.2, -0.15) is 0 Å². The van der Waals surface area contributed by atoms with Gasteiger partial charge in [-0.25, -0.2) is 9.59 Å². The van der Waals surface area contributed by atoms with Crippen LogP contribution in [-0.4, -0.2) is 31.1 Å². The molecule has 0 aromatic heterocycles. The molecule has 0 aliphatic carbocycles. The third-order valence-corrected chi connectivity index (χ3v) is 4.30. The maximum Gasteiger partial charge on any atom is 0.339 e. The molecule has 0 saturated carbocycles. The zero-order chi connectivity index (χ0) is 20.5. The number of esters is 2. The van der Waals surface area contributed by atoms with Gasteiger partial charge in [0.05, 0.1) is 24.3 Å². The largest absolute Gasteiger partial charge is 0.465 e. The van der Waals surface area contributed by atoms with E-state index >= 15 is 0 Å². The van der Waals surface area contributed by atoms with E-state index in [1.54, 1.807) is 12.1 Å². The second kappa shape index (κ2) is 10.3. The van der Waals surface area contributed by atoms with E-state index in [0.717, 1.165) is 18.4 Å². The fraction of sp³-hybridized carbons (Fsp3) is 0.318. The van der Waals surface area contributed by atoms with Gasteiger partial charge in [0.15, 0.2) is 6.10 Å². The molecular weight excluding hydrogens is 358 g/mol. The molecule has 2 aromatic rings.